The van der Waals surface area contributed by atoms with Crippen LogP contribution in [0.2, 0.25) is 0 Å². The second kappa shape index (κ2) is 7.10. The summed E-state index contributed by atoms with van der Waals surface area (Å²) < 4.78 is 0. The van der Waals surface area contributed by atoms with E-state index in [4.69, 9.17) is 0 Å². The van der Waals surface area contributed by atoms with Crippen LogP contribution in [0.5, 0.6) is 0 Å². The molecule has 19 heavy (non-hydrogen) atoms. The normalized spacial score (nSPS) is 11.0. The van der Waals surface area contributed by atoms with Gasteiger partial charge in [-0.25, -0.2) is 4.98 Å². The summed E-state index contributed by atoms with van der Waals surface area (Å²) in [6, 6.07) is 4.03. The van der Waals surface area contributed by atoms with Crippen LogP contribution in [0.1, 0.15) is 17.6 Å². The topological polar surface area (TPSA) is 70.7 Å². The SMILES string of the molecule is CCNC(=O)CSc1n[nH]c(/C=C/c2cccs2)n1. The minimum atomic E-state index is -0.00650. The van der Waals surface area contributed by atoms with Crippen LogP contribution in [-0.2, 0) is 4.79 Å². The van der Waals surface area contributed by atoms with Gasteiger partial charge in [-0.3, -0.25) is 9.89 Å². The molecule has 0 unspecified atom stereocenters. The number of aromatic nitrogens is 3. The minimum absolute atomic E-state index is 0.00650. The number of nitrogens with zero attached hydrogens (tertiary/aromatic N) is 2. The van der Waals surface area contributed by atoms with E-state index in [2.05, 4.69) is 20.5 Å². The van der Waals surface area contributed by atoms with Gasteiger partial charge in [-0.2, -0.15) is 0 Å². The number of amides is 1. The standard InChI is InChI=1S/C12H14N4OS2/c1-2-13-11(17)8-19-12-14-10(15-16-12)6-5-9-4-3-7-18-9/h3-7H,2,8H2,1H3,(H,13,17)(H,14,15,16)/b6-5+. The zero-order chi connectivity index (χ0) is 13.5. The molecule has 7 heteroatoms. The summed E-state index contributed by atoms with van der Waals surface area (Å²) in [7, 11) is 0. The van der Waals surface area contributed by atoms with Crippen molar-refractivity contribution < 1.29 is 4.79 Å². The smallest absolute Gasteiger partial charge is 0.230 e. The monoisotopic (exact) mass is 294 g/mol. The fourth-order valence-electron chi connectivity index (χ4n) is 1.32. The summed E-state index contributed by atoms with van der Waals surface area (Å²) in [5, 5.41) is 12.2. The summed E-state index contributed by atoms with van der Waals surface area (Å²) >= 11 is 2.98. The molecule has 0 radical (unpaired) electrons. The Kier molecular flexibility index (Phi) is 5.17. The molecule has 2 rings (SSSR count). The molecule has 2 heterocycles. The Morgan fingerprint density at radius 2 is 2.47 bits per heavy atom. The van der Waals surface area contributed by atoms with Crippen molar-refractivity contribution in [3.05, 3.63) is 28.2 Å². The molecule has 0 aliphatic heterocycles. The number of nitrogens with one attached hydrogen (secondary N) is 2. The number of carbonyl (C=O) groups excluding carboxylic acids is 1. The number of rotatable bonds is 6. The van der Waals surface area contributed by atoms with Gasteiger partial charge in [0, 0.05) is 11.4 Å². The lowest BCUT2D eigenvalue weighted by Crippen LogP contribution is -2.24. The van der Waals surface area contributed by atoms with Crippen molar-refractivity contribution in [2.45, 2.75) is 12.1 Å². The predicted octanol–water partition coefficient (Wildman–Crippen LogP) is 2.26. The molecular weight excluding hydrogens is 280 g/mol. The molecule has 0 fully saturated rings. The van der Waals surface area contributed by atoms with E-state index in [0.29, 0.717) is 23.3 Å². The Hall–Kier alpha value is -1.60. The van der Waals surface area contributed by atoms with Crippen LogP contribution < -0.4 is 5.32 Å². The van der Waals surface area contributed by atoms with E-state index in [1.54, 1.807) is 11.3 Å². The van der Waals surface area contributed by atoms with Crippen LogP contribution in [0.3, 0.4) is 0 Å². The maximum Gasteiger partial charge on any atom is 0.230 e. The molecule has 5 nitrogen and oxygen atoms in total. The van der Waals surface area contributed by atoms with E-state index in [-0.39, 0.29) is 5.91 Å². The number of H-pyrrole nitrogens is 1. The maximum atomic E-state index is 11.3. The molecule has 0 saturated carbocycles. The van der Waals surface area contributed by atoms with Crippen molar-refractivity contribution in [1.82, 2.24) is 20.5 Å². The molecule has 2 aromatic rings. The molecule has 1 amide bonds. The Balaban J connectivity index is 1.87. The van der Waals surface area contributed by atoms with Crippen molar-refractivity contribution in [3.63, 3.8) is 0 Å². The van der Waals surface area contributed by atoms with E-state index >= 15 is 0 Å². The highest BCUT2D eigenvalue weighted by atomic mass is 32.2. The van der Waals surface area contributed by atoms with Crippen molar-refractivity contribution in [3.8, 4) is 0 Å². The fourth-order valence-corrected chi connectivity index (χ4v) is 2.58. The van der Waals surface area contributed by atoms with Crippen molar-refractivity contribution in [2.24, 2.45) is 0 Å². The quantitative estimate of drug-likeness (QED) is 0.802. The number of aromatic amines is 1. The van der Waals surface area contributed by atoms with E-state index in [9.17, 15) is 4.79 Å². The first-order valence-corrected chi connectivity index (χ1v) is 7.68. The summed E-state index contributed by atoms with van der Waals surface area (Å²) in [5.41, 5.74) is 0. The first-order chi connectivity index (χ1) is 9.28. The third kappa shape index (κ3) is 4.53. The van der Waals surface area contributed by atoms with Crippen LogP contribution >= 0.6 is 23.1 Å². The average Bonchev–Trinajstić information content (AvgIpc) is 3.06. The Morgan fingerprint density at radius 1 is 1.58 bits per heavy atom. The highest BCUT2D eigenvalue weighted by Crippen LogP contribution is 2.14. The summed E-state index contributed by atoms with van der Waals surface area (Å²) in [5.74, 6) is 1.01. The Bertz CT molecular complexity index is 548. The molecule has 100 valence electrons. The molecule has 0 atom stereocenters. The highest BCUT2D eigenvalue weighted by Gasteiger charge is 2.05. The van der Waals surface area contributed by atoms with Gasteiger partial charge in [-0.05, 0) is 30.5 Å². The van der Waals surface area contributed by atoms with Gasteiger partial charge < -0.3 is 5.32 Å². The molecular formula is C12H14N4OS2. The van der Waals surface area contributed by atoms with Gasteiger partial charge >= 0.3 is 0 Å². The van der Waals surface area contributed by atoms with E-state index in [0.717, 1.165) is 4.88 Å². The third-order valence-corrected chi connectivity index (χ3v) is 3.82. The van der Waals surface area contributed by atoms with Gasteiger partial charge in [0.25, 0.3) is 0 Å². The minimum Gasteiger partial charge on any atom is -0.356 e. The first-order valence-electron chi connectivity index (χ1n) is 5.81. The Morgan fingerprint density at radius 3 is 3.21 bits per heavy atom. The van der Waals surface area contributed by atoms with Crippen molar-refractivity contribution in [2.75, 3.05) is 12.3 Å². The summed E-state index contributed by atoms with van der Waals surface area (Å²) in [6.07, 6.45) is 3.85. The second-order valence-corrected chi connectivity index (χ2v) is 5.52. The van der Waals surface area contributed by atoms with Gasteiger partial charge in [-0.1, -0.05) is 17.8 Å². The Labute approximate surface area is 119 Å². The number of hydrogen-bond donors (Lipinski definition) is 2. The van der Waals surface area contributed by atoms with Gasteiger partial charge in [0.1, 0.15) is 5.82 Å². The number of carbonyl (C=O) groups is 1. The lowest BCUT2D eigenvalue weighted by molar-refractivity contribution is -0.118. The molecule has 0 saturated heterocycles. The van der Waals surface area contributed by atoms with Crippen LogP contribution in [0.25, 0.3) is 12.2 Å². The second-order valence-electron chi connectivity index (χ2n) is 3.59. The van der Waals surface area contributed by atoms with Gasteiger partial charge in [-0.15, -0.1) is 16.4 Å². The zero-order valence-corrected chi connectivity index (χ0v) is 12.1. The summed E-state index contributed by atoms with van der Waals surface area (Å²) in [6.45, 7) is 2.53. The van der Waals surface area contributed by atoms with Crippen LogP contribution in [0.4, 0.5) is 0 Å². The predicted molar refractivity (Wildman–Crippen MR) is 79.0 cm³/mol. The lowest BCUT2D eigenvalue weighted by atomic mass is 10.4. The molecule has 0 aromatic carbocycles. The molecule has 0 bridgehead atoms. The van der Waals surface area contributed by atoms with Crippen LogP contribution in [0, 0.1) is 0 Å². The van der Waals surface area contributed by atoms with Crippen molar-refractivity contribution in [1.29, 1.82) is 0 Å². The van der Waals surface area contributed by atoms with E-state index in [1.807, 2.05) is 36.6 Å². The van der Waals surface area contributed by atoms with E-state index in [1.165, 1.54) is 11.8 Å². The number of thiophene rings is 1. The highest BCUT2D eigenvalue weighted by molar-refractivity contribution is 7.99. The van der Waals surface area contributed by atoms with Crippen molar-refractivity contribution >= 4 is 41.2 Å². The third-order valence-electron chi connectivity index (χ3n) is 2.14. The summed E-state index contributed by atoms with van der Waals surface area (Å²) in [4.78, 5) is 16.7. The molecule has 2 aromatic heterocycles. The van der Waals surface area contributed by atoms with Crippen LogP contribution in [-0.4, -0.2) is 33.4 Å². The van der Waals surface area contributed by atoms with Gasteiger partial charge in [0.2, 0.25) is 11.1 Å². The zero-order valence-electron chi connectivity index (χ0n) is 10.4. The van der Waals surface area contributed by atoms with Crippen LogP contribution in [0.15, 0.2) is 22.7 Å². The molecule has 2 N–H and O–H groups in total. The number of thioether (sulfide) groups is 1. The lowest BCUT2D eigenvalue weighted by Gasteiger charge is -1.98. The molecule has 0 spiro atoms. The maximum absolute atomic E-state index is 11.3. The molecule has 0 aliphatic rings. The van der Waals surface area contributed by atoms with Gasteiger partial charge in [0.15, 0.2) is 0 Å². The molecule has 0 aliphatic carbocycles. The van der Waals surface area contributed by atoms with Gasteiger partial charge in [0.05, 0.1) is 5.75 Å². The fraction of sp³-hybridized carbons (Fsp3) is 0.250. The largest absolute Gasteiger partial charge is 0.356 e. The average molecular weight is 294 g/mol. The first kappa shape index (κ1) is 13.8. The number of hydrogen-bond acceptors (Lipinski definition) is 5. The van der Waals surface area contributed by atoms with E-state index < -0.39 is 0 Å².